The molecule has 37 heavy (non-hydrogen) atoms. The fourth-order valence-corrected chi connectivity index (χ4v) is 3.49. The summed E-state index contributed by atoms with van der Waals surface area (Å²) in [7, 11) is 0. The van der Waals surface area contributed by atoms with E-state index in [1.807, 2.05) is 18.2 Å². The normalized spacial score (nSPS) is 10.1. The van der Waals surface area contributed by atoms with Crippen molar-refractivity contribution in [2.75, 3.05) is 0 Å². The Morgan fingerprint density at radius 2 is 0.676 bits per heavy atom. The number of hydrogen-bond acceptors (Lipinski definition) is 6. The summed E-state index contributed by atoms with van der Waals surface area (Å²) >= 11 is 0. The van der Waals surface area contributed by atoms with Gasteiger partial charge in [-0.2, -0.15) is 0 Å². The molecule has 10 heteroatoms. The van der Waals surface area contributed by atoms with Gasteiger partial charge in [-0.25, -0.2) is 0 Å². The fraction of sp³-hybridized carbons (Fsp3) is 0. The number of aromatic amines is 3. The third kappa shape index (κ3) is 6.46. The zero-order valence-electron chi connectivity index (χ0n) is 18.7. The van der Waals surface area contributed by atoms with Crippen LogP contribution < -0.4 is 16.7 Å². The van der Waals surface area contributed by atoms with Gasteiger partial charge in [0.25, 0.3) is 0 Å². The summed E-state index contributed by atoms with van der Waals surface area (Å²) in [5.41, 5.74) is 0.858. The lowest BCUT2D eigenvalue weighted by atomic mass is 10.2. The number of phenolic OH excluding ortho intramolecular Hbond substituents is 3. The zero-order chi connectivity index (χ0) is 25.7. The second-order valence-corrected chi connectivity index (χ2v) is 7.69. The van der Waals surface area contributed by atoms with E-state index in [1.54, 1.807) is 36.4 Å². The summed E-state index contributed by atoms with van der Waals surface area (Å²) in [6, 6.07) is 24.6. The average molecular weight is 513 g/mol. The van der Waals surface area contributed by atoms with Crippen molar-refractivity contribution in [3.63, 3.8) is 0 Å². The Morgan fingerprint density at radius 1 is 0.405 bits per heavy atom. The molecule has 6 N–H and O–H groups in total. The van der Waals surface area contributed by atoms with Crippen LogP contribution >= 0.6 is 0 Å². The van der Waals surface area contributed by atoms with E-state index in [4.69, 9.17) is 0 Å². The van der Waals surface area contributed by atoms with Crippen LogP contribution in [0.25, 0.3) is 32.7 Å². The number of aromatic hydroxyl groups is 3. The minimum Gasteiger partial charge on any atom is -0.506 e. The van der Waals surface area contributed by atoms with Gasteiger partial charge in [-0.3, -0.25) is 14.4 Å². The van der Waals surface area contributed by atoms with Crippen molar-refractivity contribution in [3.8, 4) is 17.2 Å². The number of para-hydroxylation sites is 3. The van der Waals surface area contributed by atoms with Gasteiger partial charge in [0.2, 0.25) is 16.7 Å². The van der Waals surface area contributed by atoms with E-state index in [0.717, 1.165) is 16.2 Å². The van der Waals surface area contributed by atoms with Crippen LogP contribution in [0.3, 0.4) is 0 Å². The summed E-state index contributed by atoms with van der Waals surface area (Å²) in [5.74, 6) is 0.306. The Morgan fingerprint density at radius 3 is 0.946 bits per heavy atom. The second-order valence-electron chi connectivity index (χ2n) is 7.69. The quantitative estimate of drug-likeness (QED) is 0.171. The van der Waals surface area contributed by atoms with Crippen molar-refractivity contribution in [3.05, 3.63) is 122 Å². The van der Waals surface area contributed by atoms with Gasteiger partial charge in [0.05, 0.1) is 16.6 Å². The Bertz CT molecular complexity index is 1640. The molecular formula is C27H24AlN3O6. The van der Waals surface area contributed by atoms with Gasteiger partial charge in [-0.15, -0.1) is 0 Å². The summed E-state index contributed by atoms with van der Waals surface area (Å²) in [4.78, 5) is 40.3. The predicted octanol–water partition coefficient (Wildman–Crippen LogP) is 2.52. The second kappa shape index (κ2) is 11.8. The third-order valence-electron chi connectivity index (χ3n) is 5.21. The van der Waals surface area contributed by atoms with Crippen LogP contribution in [-0.4, -0.2) is 47.6 Å². The maximum atomic E-state index is 10.9. The SMILES string of the molecule is O=c1ccc2cccc(O)c2[nH]1.O=c1ccc2cccc(O)c2[nH]1.O=c1ccc2cccc(O)c2[nH]1.[AlH3]. The molecule has 0 radical (unpaired) electrons. The van der Waals surface area contributed by atoms with E-state index in [9.17, 15) is 29.7 Å². The minimum atomic E-state index is -0.205. The molecule has 0 saturated carbocycles. The van der Waals surface area contributed by atoms with Crippen molar-refractivity contribution in [1.82, 2.24) is 15.0 Å². The van der Waals surface area contributed by atoms with Crippen molar-refractivity contribution in [2.45, 2.75) is 0 Å². The fourth-order valence-electron chi connectivity index (χ4n) is 3.49. The van der Waals surface area contributed by atoms with Gasteiger partial charge in [0.1, 0.15) is 17.2 Å². The number of hydrogen-bond donors (Lipinski definition) is 6. The molecule has 6 aromatic rings. The first-order valence-electron chi connectivity index (χ1n) is 10.7. The first kappa shape index (κ1) is 26.8. The molecule has 0 atom stereocenters. The molecule has 0 unspecified atom stereocenters. The van der Waals surface area contributed by atoms with E-state index in [1.165, 1.54) is 36.4 Å². The standard InChI is InChI=1S/3C9H7NO2.Al.3H/c3*11-7-3-1-2-6-4-5-8(12)10-9(6)7;;;;/h3*1-5,11H,(H,10,12);;;;. The summed E-state index contributed by atoms with van der Waals surface area (Å²) < 4.78 is 0. The van der Waals surface area contributed by atoms with E-state index in [0.29, 0.717) is 16.6 Å². The molecule has 3 aromatic heterocycles. The first-order chi connectivity index (χ1) is 17.3. The molecule has 3 aromatic carbocycles. The molecule has 9 nitrogen and oxygen atoms in total. The van der Waals surface area contributed by atoms with Crippen LogP contribution in [0, 0.1) is 0 Å². The molecule has 0 aliphatic heterocycles. The maximum absolute atomic E-state index is 10.9. The number of H-pyrrole nitrogens is 3. The number of fused-ring (bicyclic) bond motifs is 3. The number of aromatic nitrogens is 3. The number of pyridine rings is 3. The smallest absolute Gasteiger partial charge is 0.248 e. The molecule has 0 saturated heterocycles. The van der Waals surface area contributed by atoms with Gasteiger partial charge in [-0.1, -0.05) is 36.4 Å². The molecular weight excluding hydrogens is 489 g/mol. The summed E-state index contributed by atoms with van der Waals surface area (Å²) in [6.45, 7) is 0. The monoisotopic (exact) mass is 513 g/mol. The summed E-state index contributed by atoms with van der Waals surface area (Å²) in [6.07, 6.45) is 0. The van der Waals surface area contributed by atoms with Gasteiger partial charge >= 0.3 is 0 Å². The number of benzene rings is 3. The molecule has 0 amide bonds. The summed E-state index contributed by atoms with van der Waals surface area (Å²) in [5, 5.41) is 30.5. The number of phenols is 3. The van der Waals surface area contributed by atoms with Crippen LogP contribution in [-0.2, 0) is 0 Å². The zero-order valence-corrected chi connectivity index (χ0v) is 18.7. The highest BCUT2D eigenvalue weighted by atomic mass is 27.0. The Labute approximate surface area is 219 Å². The highest BCUT2D eigenvalue weighted by Crippen LogP contribution is 2.21. The minimum absolute atomic E-state index is 0. The molecule has 0 aliphatic rings. The highest BCUT2D eigenvalue weighted by Gasteiger charge is 1.99. The van der Waals surface area contributed by atoms with Crippen LogP contribution in [0.1, 0.15) is 0 Å². The maximum Gasteiger partial charge on any atom is 0.248 e. The lowest BCUT2D eigenvalue weighted by molar-refractivity contribution is 0.480. The first-order valence-corrected chi connectivity index (χ1v) is 10.7. The predicted molar refractivity (Wildman–Crippen MR) is 149 cm³/mol. The molecule has 186 valence electrons. The molecule has 0 aliphatic carbocycles. The Kier molecular flexibility index (Phi) is 8.53. The van der Waals surface area contributed by atoms with Crippen molar-refractivity contribution < 1.29 is 15.3 Å². The number of rotatable bonds is 0. The van der Waals surface area contributed by atoms with Crippen molar-refractivity contribution in [2.24, 2.45) is 0 Å². The Hall–Kier alpha value is -4.78. The average Bonchev–Trinajstić information content (AvgIpc) is 2.87. The van der Waals surface area contributed by atoms with E-state index >= 15 is 0 Å². The van der Waals surface area contributed by atoms with Crippen molar-refractivity contribution >= 4 is 50.1 Å². The van der Waals surface area contributed by atoms with Crippen molar-refractivity contribution in [1.29, 1.82) is 0 Å². The lowest BCUT2D eigenvalue weighted by Crippen LogP contribution is -2.01. The van der Waals surface area contributed by atoms with Gasteiger partial charge < -0.3 is 30.3 Å². The molecule has 0 bridgehead atoms. The topological polar surface area (TPSA) is 159 Å². The highest BCUT2D eigenvalue weighted by molar-refractivity contribution is 5.85. The largest absolute Gasteiger partial charge is 0.506 e. The van der Waals surface area contributed by atoms with Gasteiger partial charge in [-0.05, 0) is 36.4 Å². The van der Waals surface area contributed by atoms with Crippen LogP contribution in [0.4, 0.5) is 0 Å². The van der Waals surface area contributed by atoms with E-state index in [-0.39, 0.29) is 51.3 Å². The molecule has 0 spiro atoms. The lowest BCUT2D eigenvalue weighted by Gasteiger charge is -1.97. The van der Waals surface area contributed by atoms with Gasteiger partial charge in [0.15, 0.2) is 17.4 Å². The van der Waals surface area contributed by atoms with Crippen LogP contribution in [0.5, 0.6) is 17.2 Å². The third-order valence-corrected chi connectivity index (χ3v) is 5.21. The molecule has 6 rings (SSSR count). The molecule has 3 heterocycles. The van der Waals surface area contributed by atoms with Crippen LogP contribution in [0.2, 0.25) is 0 Å². The van der Waals surface area contributed by atoms with Gasteiger partial charge in [0, 0.05) is 34.4 Å². The van der Waals surface area contributed by atoms with E-state index < -0.39 is 0 Å². The Balaban J connectivity index is 0.000000152. The van der Waals surface area contributed by atoms with Crippen LogP contribution in [0.15, 0.2) is 105 Å². The molecule has 0 fully saturated rings. The number of nitrogens with one attached hydrogen (secondary N) is 3. The van der Waals surface area contributed by atoms with E-state index in [2.05, 4.69) is 15.0 Å².